The third-order valence-electron chi connectivity index (χ3n) is 3.24. The lowest BCUT2D eigenvalue weighted by molar-refractivity contribution is -0.119. The van der Waals surface area contributed by atoms with Gasteiger partial charge in [0.15, 0.2) is 0 Å². The van der Waals surface area contributed by atoms with Gasteiger partial charge in [-0.05, 0) is 43.9 Å². The number of nitriles is 1. The van der Waals surface area contributed by atoms with Gasteiger partial charge in [0.05, 0.1) is 11.8 Å². The van der Waals surface area contributed by atoms with E-state index in [1.807, 2.05) is 6.07 Å². The van der Waals surface area contributed by atoms with Gasteiger partial charge in [-0.1, -0.05) is 6.07 Å². The van der Waals surface area contributed by atoms with Gasteiger partial charge in [-0.2, -0.15) is 5.26 Å². The number of carbonyl (C=O) groups excluding carboxylic acids is 1. The molecule has 4 nitrogen and oxygen atoms in total. The minimum absolute atomic E-state index is 0.128. The number of nitrogens with zero attached hydrogens (tertiary/aromatic N) is 1. The monoisotopic (exact) mass is 276 g/mol. The second kappa shape index (κ2) is 5.98. The maximum atomic E-state index is 11.9. The number of carbonyl (C=O) groups is 1. The summed E-state index contributed by atoms with van der Waals surface area (Å²) in [5, 5.41) is 21.4. The number of aromatic hydroxyl groups is 1. The lowest BCUT2D eigenvalue weighted by Gasteiger charge is -2.21. The molecule has 1 aliphatic rings. The Morgan fingerprint density at radius 1 is 1.47 bits per heavy atom. The fraction of sp³-hybridized carbons (Fsp3) is 0.429. The highest BCUT2D eigenvalue weighted by Crippen LogP contribution is 2.29. The van der Waals surface area contributed by atoms with Crippen LogP contribution in [0.15, 0.2) is 29.2 Å². The highest BCUT2D eigenvalue weighted by atomic mass is 32.2. The van der Waals surface area contributed by atoms with Crippen molar-refractivity contribution < 1.29 is 9.90 Å². The van der Waals surface area contributed by atoms with Crippen molar-refractivity contribution in [2.45, 2.75) is 36.1 Å². The standard InChI is InChI=1S/C14H16N2O2S/c15-10-14(6-1-2-7-14)16-13(18)9-19-12-5-3-4-11(17)8-12/h3-5,8,17H,1-2,6-7,9H2,(H,16,18). The Bertz CT molecular complexity index is 504. The van der Waals surface area contributed by atoms with E-state index in [2.05, 4.69) is 11.4 Å². The van der Waals surface area contributed by atoms with Crippen LogP contribution in [0.3, 0.4) is 0 Å². The molecule has 1 amide bonds. The molecule has 0 bridgehead atoms. The Morgan fingerprint density at radius 2 is 2.21 bits per heavy atom. The summed E-state index contributed by atoms with van der Waals surface area (Å²) < 4.78 is 0. The molecule has 2 N–H and O–H groups in total. The number of phenols is 1. The summed E-state index contributed by atoms with van der Waals surface area (Å²) in [6, 6.07) is 9.02. The number of benzene rings is 1. The van der Waals surface area contributed by atoms with E-state index in [0.717, 1.165) is 30.6 Å². The predicted octanol–water partition coefficient (Wildman–Crippen LogP) is 2.44. The first-order chi connectivity index (χ1) is 9.13. The number of rotatable bonds is 4. The first-order valence-electron chi connectivity index (χ1n) is 6.28. The zero-order valence-corrected chi connectivity index (χ0v) is 11.4. The Kier molecular flexibility index (Phi) is 4.33. The highest BCUT2D eigenvalue weighted by molar-refractivity contribution is 8.00. The summed E-state index contributed by atoms with van der Waals surface area (Å²) in [6.07, 6.45) is 3.47. The van der Waals surface area contributed by atoms with Crippen molar-refractivity contribution in [3.63, 3.8) is 0 Å². The van der Waals surface area contributed by atoms with Crippen LogP contribution in [0.5, 0.6) is 5.75 Å². The molecule has 2 rings (SSSR count). The molecular formula is C14H16N2O2S. The Morgan fingerprint density at radius 3 is 2.84 bits per heavy atom. The molecule has 0 aliphatic heterocycles. The number of amides is 1. The van der Waals surface area contributed by atoms with E-state index in [0.29, 0.717) is 0 Å². The number of phenolic OH excluding ortho intramolecular Hbond substituents is 1. The van der Waals surface area contributed by atoms with Crippen LogP contribution in [0.2, 0.25) is 0 Å². The molecule has 0 aromatic heterocycles. The molecule has 1 saturated carbocycles. The average Bonchev–Trinajstić information content (AvgIpc) is 2.86. The molecule has 1 fully saturated rings. The van der Waals surface area contributed by atoms with Gasteiger partial charge in [0.25, 0.3) is 0 Å². The van der Waals surface area contributed by atoms with Gasteiger partial charge in [0.2, 0.25) is 5.91 Å². The van der Waals surface area contributed by atoms with Crippen molar-refractivity contribution in [1.29, 1.82) is 5.26 Å². The summed E-state index contributed by atoms with van der Waals surface area (Å²) >= 11 is 1.35. The second-order valence-electron chi connectivity index (χ2n) is 4.74. The SMILES string of the molecule is N#CC1(NC(=O)CSc2cccc(O)c2)CCCC1. The van der Waals surface area contributed by atoms with Crippen molar-refractivity contribution in [3.05, 3.63) is 24.3 Å². The summed E-state index contributed by atoms with van der Waals surface area (Å²) in [6.45, 7) is 0. The topological polar surface area (TPSA) is 73.1 Å². The van der Waals surface area contributed by atoms with Gasteiger partial charge in [-0.15, -0.1) is 11.8 Å². The van der Waals surface area contributed by atoms with Crippen LogP contribution in [0.25, 0.3) is 0 Å². The lowest BCUT2D eigenvalue weighted by atomic mass is 10.0. The summed E-state index contributed by atoms with van der Waals surface area (Å²) in [7, 11) is 0. The third-order valence-corrected chi connectivity index (χ3v) is 4.23. The Balaban J connectivity index is 1.87. The number of nitrogens with one attached hydrogen (secondary N) is 1. The largest absolute Gasteiger partial charge is 0.508 e. The molecule has 0 atom stereocenters. The fourth-order valence-corrected chi connectivity index (χ4v) is 3.02. The molecule has 19 heavy (non-hydrogen) atoms. The Labute approximate surface area is 116 Å². The average molecular weight is 276 g/mol. The van der Waals surface area contributed by atoms with Crippen molar-refractivity contribution in [2.24, 2.45) is 0 Å². The van der Waals surface area contributed by atoms with Gasteiger partial charge < -0.3 is 10.4 Å². The van der Waals surface area contributed by atoms with Crippen molar-refractivity contribution >= 4 is 17.7 Å². The molecule has 0 radical (unpaired) electrons. The van der Waals surface area contributed by atoms with Crippen LogP contribution < -0.4 is 5.32 Å². The molecule has 1 aliphatic carbocycles. The van der Waals surface area contributed by atoms with Crippen molar-refractivity contribution in [2.75, 3.05) is 5.75 Å². The number of hydrogen-bond acceptors (Lipinski definition) is 4. The van der Waals surface area contributed by atoms with E-state index >= 15 is 0 Å². The molecular weight excluding hydrogens is 260 g/mol. The summed E-state index contributed by atoms with van der Waals surface area (Å²) in [5.74, 6) is 0.318. The van der Waals surface area contributed by atoms with Gasteiger partial charge >= 0.3 is 0 Å². The molecule has 0 saturated heterocycles. The van der Waals surface area contributed by atoms with Gasteiger partial charge in [-0.3, -0.25) is 4.79 Å². The summed E-state index contributed by atoms with van der Waals surface area (Å²) in [5.41, 5.74) is -0.656. The molecule has 0 spiro atoms. The van der Waals surface area contributed by atoms with Crippen molar-refractivity contribution in [1.82, 2.24) is 5.32 Å². The van der Waals surface area contributed by atoms with E-state index in [1.54, 1.807) is 18.2 Å². The molecule has 5 heteroatoms. The van der Waals surface area contributed by atoms with Gasteiger partial charge in [0, 0.05) is 4.90 Å². The maximum Gasteiger partial charge on any atom is 0.231 e. The van der Waals surface area contributed by atoms with Crippen LogP contribution in [0.4, 0.5) is 0 Å². The smallest absolute Gasteiger partial charge is 0.231 e. The minimum Gasteiger partial charge on any atom is -0.508 e. The zero-order chi connectivity index (χ0) is 13.7. The van der Waals surface area contributed by atoms with Gasteiger partial charge in [-0.25, -0.2) is 0 Å². The number of hydrogen-bond donors (Lipinski definition) is 2. The van der Waals surface area contributed by atoms with Crippen LogP contribution >= 0.6 is 11.8 Å². The molecule has 100 valence electrons. The fourth-order valence-electron chi connectivity index (χ4n) is 2.27. The van der Waals surface area contributed by atoms with Crippen LogP contribution in [0, 0.1) is 11.3 Å². The quantitative estimate of drug-likeness (QED) is 0.828. The first-order valence-corrected chi connectivity index (χ1v) is 7.26. The van der Waals surface area contributed by atoms with Crippen LogP contribution in [-0.2, 0) is 4.79 Å². The number of thioether (sulfide) groups is 1. The van der Waals surface area contributed by atoms with E-state index in [4.69, 9.17) is 0 Å². The van der Waals surface area contributed by atoms with E-state index < -0.39 is 5.54 Å². The van der Waals surface area contributed by atoms with Crippen LogP contribution in [-0.4, -0.2) is 22.3 Å². The predicted molar refractivity (Wildman–Crippen MR) is 73.8 cm³/mol. The van der Waals surface area contributed by atoms with Gasteiger partial charge in [0.1, 0.15) is 11.3 Å². The highest BCUT2D eigenvalue weighted by Gasteiger charge is 2.35. The first kappa shape index (κ1) is 13.8. The third kappa shape index (κ3) is 3.65. The molecule has 0 unspecified atom stereocenters. The molecule has 0 heterocycles. The lowest BCUT2D eigenvalue weighted by Crippen LogP contribution is -2.45. The second-order valence-corrected chi connectivity index (χ2v) is 5.78. The zero-order valence-electron chi connectivity index (χ0n) is 10.6. The Hall–Kier alpha value is -1.67. The minimum atomic E-state index is -0.656. The molecule has 1 aromatic rings. The van der Waals surface area contributed by atoms with E-state index in [-0.39, 0.29) is 17.4 Å². The summed E-state index contributed by atoms with van der Waals surface area (Å²) in [4.78, 5) is 12.7. The normalized spacial score (nSPS) is 16.8. The maximum absolute atomic E-state index is 11.9. The molecule has 1 aromatic carbocycles. The van der Waals surface area contributed by atoms with Crippen LogP contribution in [0.1, 0.15) is 25.7 Å². The van der Waals surface area contributed by atoms with E-state index in [9.17, 15) is 15.2 Å². The van der Waals surface area contributed by atoms with E-state index in [1.165, 1.54) is 11.8 Å². The van der Waals surface area contributed by atoms with Crippen molar-refractivity contribution in [3.8, 4) is 11.8 Å².